The van der Waals surface area contributed by atoms with E-state index in [1.165, 1.54) is 6.42 Å². The van der Waals surface area contributed by atoms with Gasteiger partial charge in [-0.25, -0.2) is 0 Å². The highest BCUT2D eigenvalue weighted by molar-refractivity contribution is 5.80. The van der Waals surface area contributed by atoms with Crippen LogP contribution in [-0.2, 0) is 9.59 Å². The van der Waals surface area contributed by atoms with Crippen molar-refractivity contribution in [3.8, 4) is 0 Å². The van der Waals surface area contributed by atoms with Crippen LogP contribution in [0.4, 0.5) is 0 Å². The lowest BCUT2D eigenvalue weighted by Gasteiger charge is -2.38. The molecule has 1 N–H and O–H groups in total. The van der Waals surface area contributed by atoms with Crippen molar-refractivity contribution in [3.63, 3.8) is 0 Å². The molecule has 0 bridgehead atoms. The molecule has 3 rings (SSSR count). The maximum Gasteiger partial charge on any atom is 0.236 e. The molecular weight excluding hydrogens is 304 g/mol. The van der Waals surface area contributed by atoms with Gasteiger partial charge in [-0.3, -0.25) is 14.5 Å². The molecule has 0 aromatic rings. The molecule has 3 saturated heterocycles. The number of carbonyl (C=O) groups excluding carboxylic acids is 2. The monoisotopic (exact) mass is 336 g/mol. The third-order valence-electron chi connectivity index (χ3n) is 5.67. The van der Waals surface area contributed by atoms with E-state index in [9.17, 15) is 9.59 Å². The van der Waals surface area contributed by atoms with Crippen molar-refractivity contribution in [2.24, 2.45) is 17.8 Å². The normalized spacial score (nSPS) is 32.2. The fraction of sp³-hybridized carbons (Fsp3) is 0.889. The first-order valence-electron chi connectivity index (χ1n) is 9.52. The highest BCUT2D eigenvalue weighted by Crippen LogP contribution is 2.21. The minimum Gasteiger partial charge on any atom is -0.341 e. The van der Waals surface area contributed by atoms with E-state index in [1.54, 1.807) is 0 Å². The Morgan fingerprint density at radius 3 is 2.25 bits per heavy atom. The van der Waals surface area contributed by atoms with Gasteiger partial charge in [0.05, 0.1) is 12.5 Å². The van der Waals surface area contributed by atoms with E-state index in [-0.39, 0.29) is 11.8 Å². The quantitative estimate of drug-likeness (QED) is 0.802. The Morgan fingerprint density at radius 2 is 1.67 bits per heavy atom. The number of likely N-dealkylation sites (tertiary alicyclic amines) is 1. The summed E-state index contributed by atoms with van der Waals surface area (Å²) in [5.74, 6) is 1.92. The van der Waals surface area contributed by atoms with Gasteiger partial charge in [-0.1, -0.05) is 13.8 Å². The number of piperazine rings is 1. The number of nitrogens with one attached hydrogen (secondary N) is 1. The molecule has 0 aromatic carbocycles. The van der Waals surface area contributed by atoms with E-state index in [4.69, 9.17) is 0 Å². The van der Waals surface area contributed by atoms with E-state index in [1.807, 2.05) is 9.80 Å². The first-order chi connectivity index (χ1) is 11.5. The summed E-state index contributed by atoms with van der Waals surface area (Å²) in [5, 5.41) is 3.26. The molecule has 136 valence electrons. The van der Waals surface area contributed by atoms with Gasteiger partial charge in [-0.2, -0.15) is 0 Å². The van der Waals surface area contributed by atoms with Gasteiger partial charge in [0, 0.05) is 45.8 Å². The molecule has 0 saturated carbocycles. The molecule has 3 aliphatic heterocycles. The smallest absolute Gasteiger partial charge is 0.236 e. The molecule has 6 heteroatoms. The first kappa shape index (κ1) is 17.7. The SMILES string of the molecule is CC1CC(C)CN(C(=O)CN2CCN(C(=O)C3CCNC3)CC2)C1. The van der Waals surface area contributed by atoms with Gasteiger partial charge in [0.2, 0.25) is 11.8 Å². The summed E-state index contributed by atoms with van der Waals surface area (Å²) in [5.41, 5.74) is 0. The van der Waals surface area contributed by atoms with Crippen LogP contribution in [0.1, 0.15) is 26.7 Å². The summed E-state index contributed by atoms with van der Waals surface area (Å²) in [6.07, 6.45) is 2.18. The van der Waals surface area contributed by atoms with E-state index >= 15 is 0 Å². The molecule has 24 heavy (non-hydrogen) atoms. The number of piperidine rings is 1. The van der Waals surface area contributed by atoms with E-state index in [0.717, 1.165) is 58.8 Å². The summed E-state index contributed by atoms with van der Waals surface area (Å²) in [7, 11) is 0. The van der Waals surface area contributed by atoms with Crippen molar-refractivity contribution >= 4 is 11.8 Å². The van der Waals surface area contributed by atoms with Crippen LogP contribution in [0.2, 0.25) is 0 Å². The Labute approximate surface area is 145 Å². The Kier molecular flexibility index (Phi) is 5.76. The van der Waals surface area contributed by atoms with Gasteiger partial charge in [0.1, 0.15) is 0 Å². The van der Waals surface area contributed by atoms with Crippen LogP contribution in [0.3, 0.4) is 0 Å². The average molecular weight is 336 g/mol. The molecule has 2 amide bonds. The predicted octanol–water partition coefficient (Wildman–Crippen LogP) is 0.245. The minimum atomic E-state index is 0.162. The largest absolute Gasteiger partial charge is 0.341 e. The maximum absolute atomic E-state index is 12.6. The Hall–Kier alpha value is -1.14. The molecular formula is C18H32N4O2. The number of amides is 2. The zero-order chi connectivity index (χ0) is 17.1. The average Bonchev–Trinajstić information content (AvgIpc) is 3.08. The van der Waals surface area contributed by atoms with Crippen molar-refractivity contribution in [1.29, 1.82) is 0 Å². The fourth-order valence-electron chi connectivity index (χ4n) is 4.41. The first-order valence-corrected chi connectivity index (χ1v) is 9.52. The zero-order valence-electron chi connectivity index (χ0n) is 15.2. The van der Waals surface area contributed by atoms with Crippen molar-refractivity contribution < 1.29 is 9.59 Å². The van der Waals surface area contributed by atoms with Crippen molar-refractivity contribution in [2.75, 3.05) is 58.9 Å². The van der Waals surface area contributed by atoms with E-state index in [0.29, 0.717) is 24.3 Å². The number of hydrogen-bond donors (Lipinski definition) is 1. The molecule has 3 heterocycles. The van der Waals surface area contributed by atoms with Crippen LogP contribution in [0.5, 0.6) is 0 Å². The second-order valence-electron chi connectivity index (χ2n) is 8.04. The highest BCUT2D eigenvalue weighted by atomic mass is 16.2. The van der Waals surface area contributed by atoms with Gasteiger partial charge >= 0.3 is 0 Å². The number of rotatable bonds is 3. The van der Waals surface area contributed by atoms with Crippen molar-refractivity contribution in [3.05, 3.63) is 0 Å². The third-order valence-corrected chi connectivity index (χ3v) is 5.67. The molecule has 0 radical (unpaired) electrons. The Balaban J connectivity index is 1.43. The van der Waals surface area contributed by atoms with Crippen LogP contribution in [-0.4, -0.2) is 85.4 Å². The van der Waals surface area contributed by atoms with Gasteiger partial charge in [0.25, 0.3) is 0 Å². The zero-order valence-corrected chi connectivity index (χ0v) is 15.2. The van der Waals surface area contributed by atoms with Gasteiger partial charge in [-0.05, 0) is 31.2 Å². The molecule has 3 aliphatic rings. The molecule has 3 atom stereocenters. The third kappa shape index (κ3) is 4.28. The van der Waals surface area contributed by atoms with Crippen LogP contribution < -0.4 is 5.32 Å². The molecule has 0 spiro atoms. The number of carbonyl (C=O) groups is 2. The van der Waals surface area contributed by atoms with Crippen molar-refractivity contribution in [2.45, 2.75) is 26.7 Å². The number of nitrogens with zero attached hydrogens (tertiary/aromatic N) is 3. The molecule has 6 nitrogen and oxygen atoms in total. The lowest BCUT2D eigenvalue weighted by molar-refractivity contribution is -0.138. The molecule has 3 fully saturated rings. The molecule has 3 unspecified atom stereocenters. The summed E-state index contributed by atoms with van der Waals surface area (Å²) in [4.78, 5) is 31.3. The molecule has 0 aliphatic carbocycles. The van der Waals surface area contributed by atoms with E-state index in [2.05, 4.69) is 24.1 Å². The van der Waals surface area contributed by atoms with Crippen LogP contribution in [0.25, 0.3) is 0 Å². The summed E-state index contributed by atoms with van der Waals surface area (Å²) < 4.78 is 0. The minimum absolute atomic E-state index is 0.162. The Morgan fingerprint density at radius 1 is 1.00 bits per heavy atom. The summed E-state index contributed by atoms with van der Waals surface area (Å²) in [6.45, 7) is 11.7. The number of hydrogen-bond acceptors (Lipinski definition) is 4. The van der Waals surface area contributed by atoms with Crippen molar-refractivity contribution in [1.82, 2.24) is 20.0 Å². The second-order valence-corrected chi connectivity index (χ2v) is 8.04. The highest BCUT2D eigenvalue weighted by Gasteiger charge is 2.31. The Bertz CT molecular complexity index is 446. The topological polar surface area (TPSA) is 55.9 Å². The van der Waals surface area contributed by atoms with Gasteiger partial charge < -0.3 is 15.1 Å². The van der Waals surface area contributed by atoms with Gasteiger partial charge in [0.15, 0.2) is 0 Å². The van der Waals surface area contributed by atoms with Gasteiger partial charge in [-0.15, -0.1) is 0 Å². The van der Waals surface area contributed by atoms with Crippen LogP contribution >= 0.6 is 0 Å². The molecule has 0 aromatic heterocycles. The second kappa shape index (κ2) is 7.83. The van der Waals surface area contributed by atoms with Crippen LogP contribution in [0, 0.1) is 17.8 Å². The summed E-state index contributed by atoms with van der Waals surface area (Å²) in [6, 6.07) is 0. The van der Waals surface area contributed by atoms with Crippen LogP contribution in [0.15, 0.2) is 0 Å². The lowest BCUT2D eigenvalue weighted by Crippen LogP contribution is -2.53. The lowest BCUT2D eigenvalue weighted by atomic mass is 9.92. The predicted molar refractivity (Wildman–Crippen MR) is 93.5 cm³/mol. The standard InChI is InChI=1S/C18H32N4O2/c1-14-9-15(2)12-22(11-14)17(23)13-20-5-7-21(8-6-20)18(24)16-3-4-19-10-16/h14-16,19H,3-13H2,1-2H3. The fourth-order valence-corrected chi connectivity index (χ4v) is 4.41. The summed E-state index contributed by atoms with van der Waals surface area (Å²) >= 11 is 0. The van der Waals surface area contributed by atoms with E-state index < -0.39 is 0 Å². The maximum atomic E-state index is 12.6.